The molecule has 0 radical (unpaired) electrons. The van der Waals surface area contributed by atoms with Gasteiger partial charge in [0.25, 0.3) is 0 Å². The van der Waals surface area contributed by atoms with E-state index in [1.165, 1.54) is 0 Å². The van der Waals surface area contributed by atoms with Crippen molar-refractivity contribution in [2.45, 2.75) is 30.8 Å². The van der Waals surface area contributed by atoms with Crippen LogP contribution in [0.25, 0.3) is 10.9 Å². The lowest BCUT2D eigenvalue weighted by atomic mass is 10.2. The van der Waals surface area contributed by atoms with Gasteiger partial charge in [-0.3, -0.25) is 4.98 Å². The van der Waals surface area contributed by atoms with Crippen molar-refractivity contribution in [3.8, 4) is 0 Å². The molecule has 3 rings (SSSR count). The number of nitrogens with zero attached hydrogens (tertiary/aromatic N) is 3. The lowest BCUT2D eigenvalue weighted by Gasteiger charge is -2.08. The normalized spacial score (nSPS) is 11.0. The Morgan fingerprint density at radius 1 is 0.857 bits per heavy atom. The van der Waals surface area contributed by atoms with E-state index in [0.29, 0.717) is 0 Å². The fraction of sp³-hybridized carbons (Fsp3) is 0.188. The monoisotopic (exact) mass is 296 g/mol. The second-order valence-electron chi connectivity index (χ2n) is 5.07. The maximum absolute atomic E-state index is 5.90. The molecule has 0 spiro atoms. The zero-order valence-corrected chi connectivity index (χ0v) is 13.0. The maximum Gasteiger partial charge on any atom is 0.192 e. The fourth-order valence-electron chi connectivity index (χ4n) is 2.26. The Kier molecular flexibility index (Phi) is 3.51. The van der Waals surface area contributed by atoms with Crippen molar-refractivity contribution in [2.75, 3.05) is 5.73 Å². The van der Waals surface area contributed by atoms with Gasteiger partial charge >= 0.3 is 0 Å². The van der Waals surface area contributed by atoms with E-state index in [0.717, 1.165) is 43.7 Å². The summed E-state index contributed by atoms with van der Waals surface area (Å²) in [5.41, 5.74) is 10.5. The van der Waals surface area contributed by atoms with Gasteiger partial charge in [0.2, 0.25) is 0 Å². The van der Waals surface area contributed by atoms with Crippen LogP contribution in [-0.2, 0) is 0 Å². The van der Waals surface area contributed by atoms with Crippen LogP contribution < -0.4 is 5.73 Å². The van der Waals surface area contributed by atoms with E-state index >= 15 is 0 Å². The van der Waals surface area contributed by atoms with E-state index < -0.39 is 0 Å². The summed E-state index contributed by atoms with van der Waals surface area (Å²) in [4.78, 5) is 14.6. The molecule has 106 valence electrons. The number of pyridine rings is 1. The van der Waals surface area contributed by atoms with Gasteiger partial charge in [0.15, 0.2) is 5.16 Å². The maximum atomic E-state index is 5.90. The van der Waals surface area contributed by atoms with Gasteiger partial charge in [0.05, 0.1) is 5.52 Å². The molecule has 3 aromatic rings. The first-order chi connectivity index (χ1) is 10.0. The Balaban J connectivity index is 2.13. The molecular weight excluding hydrogens is 280 g/mol. The van der Waals surface area contributed by atoms with Crippen molar-refractivity contribution in [2.24, 2.45) is 0 Å². The third-order valence-corrected chi connectivity index (χ3v) is 4.01. The number of benzene rings is 1. The molecule has 0 fully saturated rings. The van der Waals surface area contributed by atoms with Gasteiger partial charge in [-0.25, -0.2) is 9.97 Å². The van der Waals surface area contributed by atoms with Crippen molar-refractivity contribution < 1.29 is 0 Å². The average molecular weight is 296 g/mol. The van der Waals surface area contributed by atoms with Gasteiger partial charge in [-0.1, -0.05) is 0 Å². The third-order valence-electron chi connectivity index (χ3n) is 3.09. The summed E-state index contributed by atoms with van der Waals surface area (Å²) < 4.78 is 0. The smallest absolute Gasteiger partial charge is 0.192 e. The van der Waals surface area contributed by atoms with Crippen LogP contribution in [-0.4, -0.2) is 15.0 Å². The van der Waals surface area contributed by atoms with Crippen LogP contribution in [0.1, 0.15) is 17.1 Å². The summed E-state index contributed by atoms with van der Waals surface area (Å²) in [5, 5.41) is 1.79. The highest BCUT2D eigenvalue weighted by Gasteiger charge is 2.09. The Morgan fingerprint density at radius 3 is 2.24 bits per heavy atom. The summed E-state index contributed by atoms with van der Waals surface area (Å²) in [6.45, 7) is 5.95. The molecule has 0 unspecified atom stereocenters. The number of rotatable bonds is 2. The largest absolute Gasteiger partial charge is 0.399 e. The number of fused-ring (bicyclic) bond motifs is 1. The van der Waals surface area contributed by atoms with Gasteiger partial charge in [-0.15, -0.1) is 0 Å². The minimum Gasteiger partial charge on any atom is -0.399 e. The topological polar surface area (TPSA) is 64.7 Å². The average Bonchev–Trinajstić information content (AvgIpc) is 2.38. The lowest BCUT2D eigenvalue weighted by molar-refractivity contribution is 0.902. The number of aryl methyl sites for hydroxylation is 3. The molecule has 0 aliphatic rings. The molecule has 0 saturated heterocycles. The lowest BCUT2D eigenvalue weighted by Crippen LogP contribution is -1.94. The van der Waals surface area contributed by atoms with E-state index in [1.807, 2.05) is 51.1 Å². The number of nitrogens with two attached hydrogens (primary N) is 1. The molecule has 0 atom stereocenters. The number of hydrogen-bond acceptors (Lipinski definition) is 5. The molecule has 0 saturated carbocycles. The van der Waals surface area contributed by atoms with Gasteiger partial charge in [-0.2, -0.15) is 0 Å². The molecular formula is C16H16N4S. The van der Waals surface area contributed by atoms with E-state index in [4.69, 9.17) is 5.73 Å². The molecule has 0 amide bonds. The summed E-state index contributed by atoms with van der Waals surface area (Å²) in [5.74, 6) is 0. The zero-order chi connectivity index (χ0) is 15.0. The van der Waals surface area contributed by atoms with Gasteiger partial charge in [-0.05, 0) is 62.9 Å². The Hall–Kier alpha value is -2.14. The van der Waals surface area contributed by atoms with E-state index in [9.17, 15) is 0 Å². The summed E-state index contributed by atoms with van der Waals surface area (Å²) in [7, 11) is 0. The number of nitrogen functional groups attached to an aromatic ring is 1. The highest BCUT2D eigenvalue weighted by Crippen LogP contribution is 2.32. The van der Waals surface area contributed by atoms with Crippen LogP contribution in [0.3, 0.4) is 0 Å². The predicted octanol–water partition coefficient (Wildman–Crippen LogP) is 3.68. The van der Waals surface area contributed by atoms with Crippen LogP contribution in [0.4, 0.5) is 5.69 Å². The molecule has 4 nitrogen and oxygen atoms in total. The quantitative estimate of drug-likeness (QED) is 0.577. The molecule has 0 bridgehead atoms. The molecule has 2 heterocycles. The minimum absolute atomic E-state index is 0.733. The first kappa shape index (κ1) is 13.8. The van der Waals surface area contributed by atoms with Crippen molar-refractivity contribution in [1.82, 2.24) is 15.0 Å². The van der Waals surface area contributed by atoms with Crippen LogP contribution in [0, 0.1) is 20.8 Å². The summed E-state index contributed by atoms with van der Waals surface area (Å²) in [6, 6.07) is 9.79. The van der Waals surface area contributed by atoms with Gasteiger partial charge < -0.3 is 5.73 Å². The second-order valence-corrected chi connectivity index (χ2v) is 6.08. The number of anilines is 1. The second kappa shape index (κ2) is 5.33. The van der Waals surface area contributed by atoms with Crippen LogP contribution in [0.2, 0.25) is 0 Å². The highest BCUT2D eigenvalue weighted by molar-refractivity contribution is 7.99. The molecule has 5 heteroatoms. The van der Waals surface area contributed by atoms with Gasteiger partial charge in [0.1, 0.15) is 0 Å². The molecule has 2 N–H and O–H groups in total. The van der Waals surface area contributed by atoms with Crippen molar-refractivity contribution in [3.63, 3.8) is 0 Å². The van der Waals surface area contributed by atoms with Crippen molar-refractivity contribution >= 4 is 28.4 Å². The number of hydrogen-bond donors (Lipinski definition) is 1. The molecule has 2 aromatic heterocycles. The van der Waals surface area contributed by atoms with E-state index in [2.05, 4.69) is 15.0 Å². The highest BCUT2D eigenvalue weighted by atomic mass is 32.2. The Labute approximate surface area is 127 Å². The Bertz CT molecular complexity index is 810. The standard InChI is InChI=1S/C16H16N4S/c1-9-6-10(2)20-16(19-9)21-15-7-11(3)18-14-5-4-12(17)8-13(14)15/h4-8H,17H2,1-3H3. The minimum atomic E-state index is 0.733. The molecule has 0 aliphatic carbocycles. The summed E-state index contributed by atoms with van der Waals surface area (Å²) in [6.07, 6.45) is 0. The van der Waals surface area contributed by atoms with Crippen molar-refractivity contribution in [1.29, 1.82) is 0 Å². The van der Waals surface area contributed by atoms with Crippen LogP contribution >= 0.6 is 11.8 Å². The van der Waals surface area contributed by atoms with Crippen LogP contribution in [0.5, 0.6) is 0 Å². The van der Waals surface area contributed by atoms with Crippen LogP contribution in [0.15, 0.2) is 40.4 Å². The van der Waals surface area contributed by atoms with E-state index in [-0.39, 0.29) is 0 Å². The third kappa shape index (κ3) is 2.97. The Morgan fingerprint density at radius 2 is 1.52 bits per heavy atom. The zero-order valence-electron chi connectivity index (χ0n) is 12.2. The molecule has 0 aliphatic heterocycles. The predicted molar refractivity (Wildman–Crippen MR) is 86.5 cm³/mol. The number of aromatic nitrogens is 3. The summed E-state index contributed by atoms with van der Waals surface area (Å²) >= 11 is 1.55. The van der Waals surface area contributed by atoms with E-state index in [1.54, 1.807) is 11.8 Å². The first-order valence-corrected chi connectivity index (χ1v) is 7.50. The molecule has 1 aromatic carbocycles. The fourth-order valence-corrected chi connectivity index (χ4v) is 3.34. The first-order valence-electron chi connectivity index (χ1n) is 6.68. The SMILES string of the molecule is Cc1cc(C)nc(Sc2cc(C)nc3ccc(N)cc23)n1. The molecule has 21 heavy (non-hydrogen) atoms. The van der Waals surface area contributed by atoms with Gasteiger partial charge in [0, 0.05) is 33.1 Å². The van der Waals surface area contributed by atoms with Crippen molar-refractivity contribution in [3.05, 3.63) is 47.4 Å².